The van der Waals surface area contributed by atoms with Gasteiger partial charge in [-0.15, -0.1) is 11.3 Å². The lowest BCUT2D eigenvalue weighted by Gasteiger charge is -2.28. The maximum Gasteiger partial charge on any atom is 0.134 e. The van der Waals surface area contributed by atoms with Crippen molar-refractivity contribution < 1.29 is 9.47 Å². The van der Waals surface area contributed by atoms with Crippen molar-refractivity contribution in [3.63, 3.8) is 0 Å². The Morgan fingerprint density at radius 1 is 1.18 bits per heavy atom. The maximum absolute atomic E-state index is 5.77. The Morgan fingerprint density at radius 3 is 2.93 bits per heavy atom. The molecule has 5 heteroatoms. The number of ether oxygens (including phenoxy) is 2. The molecular weight excluding hydrogens is 368 g/mol. The van der Waals surface area contributed by atoms with Crippen molar-refractivity contribution in [1.29, 1.82) is 0 Å². The third-order valence-electron chi connectivity index (χ3n) is 5.71. The van der Waals surface area contributed by atoms with E-state index in [1.807, 2.05) is 18.3 Å². The molecule has 0 aromatic carbocycles. The van der Waals surface area contributed by atoms with E-state index in [0.717, 1.165) is 44.9 Å². The van der Waals surface area contributed by atoms with Crippen LogP contribution >= 0.6 is 11.3 Å². The predicted octanol–water partition coefficient (Wildman–Crippen LogP) is 5.40. The standard InChI is InChI=1S/C23H34N2O2S/c1-26-22-12-17-28-23(22)18-24-14-11-20(21-10-4-5-13-25-21)19-8-3-2-6-15-27-16-7-9-19/h4-5,10,12-13,17,19-20,24H,2-3,6-9,11,14-16,18H2,1H3. The van der Waals surface area contributed by atoms with E-state index in [4.69, 9.17) is 14.5 Å². The molecule has 1 saturated heterocycles. The van der Waals surface area contributed by atoms with Crippen molar-refractivity contribution >= 4 is 11.3 Å². The number of pyridine rings is 1. The van der Waals surface area contributed by atoms with Gasteiger partial charge < -0.3 is 14.8 Å². The molecule has 3 heterocycles. The summed E-state index contributed by atoms with van der Waals surface area (Å²) < 4.78 is 11.2. The van der Waals surface area contributed by atoms with Gasteiger partial charge >= 0.3 is 0 Å². The average molecular weight is 403 g/mol. The van der Waals surface area contributed by atoms with Gasteiger partial charge in [-0.1, -0.05) is 18.9 Å². The van der Waals surface area contributed by atoms with E-state index < -0.39 is 0 Å². The van der Waals surface area contributed by atoms with Crippen LogP contribution in [-0.4, -0.2) is 31.9 Å². The van der Waals surface area contributed by atoms with Crippen LogP contribution in [0.15, 0.2) is 35.8 Å². The van der Waals surface area contributed by atoms with Crippen molar-refractivity contribution in [2.45, 2.75) is 57.4 Å². The van der Waals surface area contributed by atoms with Gasteiger partial charge in [-0.25, -0.2) is 0 Å². The maximum atomic E-state index is 5.77. The van der Waals surface area contributed by atoms with Gasteiger partial charge in [0.25, 0.3) is 0 Å². The van der Waals surface area contributed by atoms with Gasteiger partial charge in [-0.3, -0.25) is 4.98 Å². The van der Waals surface area contributed by atoms with E-state index in [9.17, 15) is 0 Å². The van der Waals surface area contributed by atoms with Gasteiger partial charge in [0, 0.05) is 37.6 Å². The molecule has 1 aliphatic rings. The van der Waals surface area contributed by atoms with Gasteiger partial charge in [0.1, 0.15) is 5.75 Å². The second kappa shape index (κ2) is 12.2. The number of rotatable bonds is 8. The van der Waals surface area contributed by atoms with Crippen molar-refractivity contribution in [3.8, 4) is 5.75 Å². The lowest BCUT2D eigenvalue weighted by molar-refractivity contribution is 0.114. The van der Waals surface area contributed by atoms with Crippen LogP contribution in [0.4, 0.5) is 0 Å². The Bertz CT molecular complexity index is 652. The zero-order chi connectivity index (χ0) is 19.4. The summed E-state index contributed by atoms with van der Waals surface area (Å²) in [6.07, 6.45) is 10.5. The molecule has 2 aromatic rings. The second-order valence-corrected chi connectivity index (χ2v) is 8.60. The van der Waals surface area contributed by atoms with Gasteiger partial charge in [-0.05, 0) is 68.1 Å². The molecule has 2 atom stereocenters. The van der Waals surface area contributed by atoms with E-state index in [1.54, 1.807) is 18.4 Å². The Morgan fingerprint density at radius 2 is 2.07 bits per heavy atom. The van der Waals surface area contributed by atoms with E-state index in [0.29, 0.717) is 11.8 Å². The van der Waals surface area contributed by atoms with Gasteiger partial charge in [-0.2, -0.15) is 0 Å². The number of aromatic nitrogens is 1. The molecule has 0 aliphatic carbocycles. The third kappa shape index (κ3) is 6.57. The van der Waals surface area contributed by atoms with E-state index >= 15 is 0 Å². The van der Waals surface area contributed by atoms with Crippen LogP contribution in [0.1, 0.15) is 61.4 Å². The van der Waals surface area contributed by atoms with Crippen LogP contribution in [0.3, 0.4) is 0 Å². The van der Waals surface area contributed by atoms with Crippen molar-refractivity contribution in [3.05, 3.63) is 46.4 Å². The van der Waals surface area contributed by atoms with Crippen molar-refractivity contribution in [2.24, 2.45) is 5.92 Å². The first kappa shape index (κ1) is 21.3. The molecule has 1 N–H and O–H groups in total. The van der Waals surface area contributed by atoms with E-state index in [-0.39, 0.29) is 0 Å². The average Bonchev–Trinajstić information content (AvgIpc) is 3.20. The summed E-state index contributed by atoms with van der Waals surface area (Å²) in [5, 5.41) is 5.72. The first-order chi connectivity index (χ1) is 13.9. The van der Waals surface area contributed by atoms with Crippen molar-refractivity contribution in [1.82, 2.24) is 10.3 Å². The van der Waals surface area contributed by atoms with Crippen LogP contribution in [0.2, 0.25) is 0 Å². The molecule has 28 heavy (non-hydrogen) atoms. The van der Waals surface area contributed by atoms with Gasteiger partial charge in [0.15, 0.2) is 0 Å². The van der Waals surface area contributed by atoms with Crippen molar-refractivity contribution in [2.75, 3.05) is 26.9 Å². The Hall–Kier alpha value is -1.43. The molecule has 3 rings (SSSR count). The van der Waals surface area contributed by atoms with Crippen LogP contribution in [-0.2, 0) is 11.3 Å². The zero-order valence-electron chi connectivity index (χ0n) is 17.1. The first-order valence-corrected chi connectivity index (χ1v) is 11.6. The van der Waals surface area contributed by atoms with Crippen LogP contribution < -0.4 is 10.1 Å². The number of methoxy groups -OCH3 is 1. The highest BCUT2D eigenvalue weighted by Crippen LogP contribution is 2.34. The first-order valence-electron chi connectivity index (χ1n) is 10.7. The summed E-state index contributed by atoms with van der Waals surface area (Å²) >= 11 is 1.75. The number of hydrogen-bond acceptors (Lipinski definition) is 5. The molecule has 0 spiro atoms. The Kier molecular flexibility index (Phi) is 9.27. The third-order valence-corrected chi connectivity index (χ3v) is 6.61. The largest absolute Gasteiger partial charge is 0.496 e. The highest BCUT2D eigenvalue weighted by molar-refractivity contribution is 7.10. The highest BCUT2D eigenvalue weighted by atomic mass is 32.1. The van der Waals surface area contributed by atoms with Crippen LogP contribution in [0.25, 0.3) is 0 Å². The fourth-order valence-electron chi connectivity index (χ4n) is 4.20. The molecule has 0 bridgehead atoms. The van der Waals surface area contributed by atoms with Gasteiger partial charge in [0.05, 0.1) is 12.0 Å². The molecule has 0 radical (unpaired) electrons. The SMILES string of the molecule is COc1ccsc1CNCCC(c1ccccn1)C1CCCCCOCCC1. The number of nitrogens with zero attached hydrogens (tertiary/aromatic N) is 1. The summed E-state index contributed by atoms with van der Waals surface area (Å²) in [6.45, 7) is 3.70. The molecule has 0 amide bonds. The Labute approximate surface area is 173 Å². The molecule has 1 fully saturated rings. The van der Waals surface area contributed by atoms with Crippen LogP contribution in [0, 0.1) is 5.92 Å². The predicted molar refractivity (Wildman–Crippen MR) is 116 cm³/mol. The minimum absolute atomic E-state index is 0.512. The number of thiophene rings is 1. The lowest BCUT2D eigenvalue weighted by atomic mass is 9.80. The summed E-state index contributed by atoms with van der Waals surface area (Å²) in [4.78, 5) is 6.00. The normalized spacial score (nSPS) is 19.8. The smallest absolute Gasteiger partial charge is 0.134 e. The summed E-state index contributed by atoms with van der Waals surface area (Å²) in [6, 6.07) is 8.40. The van der Waals surface area contributed by atoms with E-state index in [2.05, 4.69) is 22.8 Å². The fourth-order valence-corrected chi connectivity index (χ4v) is 5.01. The Balaban J connectivity index is 1.59. The fraction of sp³-hybridized carbons (Fsp3) is 0.609. The summed E-state index contributed by atoms with van der Waals surface area (Å²) in [7, 11) is 1.74. The lowest BCUT2D eigenvalue weighted by Crippen LogP contribution is -2.22. The molecule has 2 unspecified atom stereocenters. The quantitative estimate of drug-likeness (QED) is 0.600. The number of nitrogens with one attached hydrogen (secondary N) is 1. The molecular formula is C23H34N2O2S. The summed E-state index contributed by atoms with van der Waals surface area (Å²) in [5.41, 5.74) is 1.25. The molecule has 0 saturated carbocycles. The zero-order valence-corrected chi connectivity index (χ0v) is 17.9. The monoisotopic (exact) mass is 402 g/mol. The minimum atomic E-state index is 0.512. The molecule has 1 aliphatic heterocycles. The topological polar surface area (TPSA) is 43.4 Å². The van der Waals surface area contributed by atoms with Crippen LogP contribution in [0.5, 0.6) is 5.75 Å². The van der Waals surface area contributed by atoms with E-state index in [1.165, 1.54) is 42.7 Å². The van der Waals surface area contributed by atoms with Gasteiger partial charge in [0.2, 0.25) is 0 Å². The molecule has 4 nitrogen and oxygen atoms in total. The second-order valence-electron chi connectivity index (χ2n) is 7.60. The summed E-state index contributed by atoms with van der Waals surface area (Å²) in [5.74, 6) is 2.19. The highest BCUT2D eigenvalue weighted by Gasteiger charge is 2.24. The number of hydrogen-bond donors (Lipinski definition) is 1. The molecule has 154 valence electrons. The minimum Gasteiger partial charge on any atom is -0.496 e. The molecule has 2 aromatic heterocycles.